The summed E-state index contributed by atoms with van der Waals surface area (Å²) >= 11 is 0. The number of benzene rings is 2. The zero-order valence-corrected chi connectivity index (χ0v) is 29.1. The third kappa shape index (κ3) is 7.50. The van der Waals surface area contributed by atoms with E-state index in [9.17, 15) is 14.3 Å². The fourth-order valence-corrected chi connectivity index (χ4v) is 6.75. The molecule has 3 aliphatic heterocycles. The van der Waals surface area contributed by atoms with Crippen molar-refractivity contribution < 1.29 is 32.9 Å². The summed E-state index contributed by atoms with van der Waals surface area (Å²) in [6.45, 7) is 13.3. The lowest BCUT2D eigenvalue weighted by Gasteiger charge is -2.41. The Labute approximate surface area is 286 Å². The number of imidazole rings is 1. The second kappa shape index (κ2) is 13.6. The van der Waals surface area contributed by atoms with Crippen LogP contribution in [0.3, 0.4) is 0 Å². The van der Waals surface area contributed by atoms with Gasteiger partial charge in [0.05, 0.1) is 35.2 Å². The second-order valence-corrected chi connectivity index (χ2v) is 14.4. The Hall–Kier alpha value is -4.28. The van der Waals surface area contributed by atoms with Crippen molar-refractivity contribution >= 4 is 17.4 Å². The fraction of sp³-hybridized carbons (Fsp3) is 0.436. The number of pyridine rings is 1. The van der Waals surface area contributed by atoms with E-state index < -0.39 is 29.3 Å². The minimum atomic E-state index is -1.22. The summed E-state index contributed by atoms with van der Waals surface area (Å²) in [5, 5.41) is 10.5. The summed E-state index contributed by atoms with van der Waals surface area (Å²) in [6.07, 6.45) is 7.16. The van der Waals surface area contributed by atoms with Crippen molar-refractivity contribution in [1.29, 1.82) is 0 Å². The highest BCUT2D eigenvalue weighted by Crippen LogP contribution is 2.41. The number of hydrogen-bond acceptors (Lipinski definition) is 6. The van der Waals surface area contributed by atoms with E-state index >= 15 is 4.39 Å². The number of aromatic nitrogens is 2. The molecule has 0 saturated carbocycles. The maximum Gasteiger partial charge on any atom is 0.337 e. The molecule has 0 aliphatic carbocycles. The Morgan fingerprint density at radius 3 is 2.55 bits per heavy atom. The molecule has 2 aromatic carbocycles. The molecule has 6 bridgehead atoms. The molecule has 7 rings (SSSR count). The fourth-order valence-electron chi connectivity index (χ4n) is 6.75. The van der Waals surface area contributed by atoms with Crippen molar-refractivity contribution in [3.8, 4) is 28.1 Å². The number of nitrogens with zero attached hydrogens (tertiary/aromatic N) is 3. The molecule has 1 fully saturated rings. The normalized spacial score (nSPS) is 21.6. The molecular weight excluding hydrogens is 628 g/mol. The van der Waals surface area contributed by atoms with Crippen LogP contribution in [0.1, 0.15) is 77.5 Å². The highest BCUT2D eigenvalue weighted by atomic mass is 19.1. The van der Waals surface area contributed by atoms with Crippen LogP contribution in [0.15, 0.2) is 60.8 Å². The third-order valence-corrected chi connectivity index (χ3v) is 9.21. The number of halogens is 2. The first-order valence-corrected chi connectivity index (χ1v) is 16.9. The number of piperidine rings is 1. The molecule has 2 atom stereocenters. The van der Waals surface area contributed by atoms with Gasteiger partial charge in [0.2, 0.25) is 0 Å². The molecule has 260 valence electrons. The molecule has 0 unspecified atom stereocenters. The summed E-state index contributed by atoms with van der Waals surface area (Å²) in [5.41, 5.74) is 2.92. The van der Waals surface area contributed by atoms with Crippen LogP contribution in [0.5, 0.6) is 5.75 Å². The number of carboxylic acid groups (broad SMARTS) is 1. The SMILES string of the molecule is Cc1cc2nc3cn2c(c1[C@H](OC(C)(C)C)C(=O)O)N1CCC(C)(CC1)OCC/C=C\C[C@H](C)Oc1cc(F)cc(F)c1-c1cccc-3c1. The molecule has 1 N–H and O–H groups in total. The zero-order valence-electron chi connectivity index (χ0n) is 29.1. The maximum atomic E-state index is 15.5. The van der Waals surface area contributed by atoms with Gasteiger partial charge in [0.25, 0.3) is 0 Å². The van der Waals surface area contributed by atoms with Gasteiger partial charge in [0.15, 0.2) is 6.10 Å². The number of carbonyl (C=O) groups is 1. The first kappa shape index (κ1) is 34.6. The van der Waals surface area contributed by atoms with Crippen molar-refractivity contribution in [2.24, 2.45) is 0 Å². The van der Waals surface area contributed by atoms with E-state index in [4.69, 9.17) is 19.2 Å². The van der Waals surface area contributed by atoms with E-state index in [1.165, 1.54) is 6.07 Å². The summed E-state index contributed by atoms with van der Waals surface area (Å²) in [4.78, 5) is 20.0. The van der Waals surface area contributed by atoms with Crippen LogP contribution in [0.2, 0.25) is 0 Å². The monoisotopic (exact) mass is 673 g/mol. The molecule has 10 heteroatoms. The number of aliphatic carboxylic acids is 1. The van der Waals surface area contributed by atoms with Crippen molar-refractivity contribution in [2.45, 2.75) is 90.6 Å². The Bertz CT molecular complexity index is 1890. The van der Waals surface area contributed by atoms with Gasteiger partial charge < -0.3 is 24.2 Å². The number of fused-ring (bicyclic) bond motifs is 8. The van der Waals surface area contributed by atoms with Gasteiger partial charge in [-0.2, -0.15) is 0 Å². The van der Waals surface area contributed by atoms with Crippen LogP contribution in [0.4, 0.5) is 14.6 Å². The largest absolute Gasteiger partial charge is 0.490 e. The van der Waals surface area contributed by atoms with Crippen molar-refractivity contribution in [3.05, 3.63) is 83.6 Å². The first-order valence-electron chi connectivity index (χ1n) is 16.9. The number of carboxylic acids is 1. The molecule has 2 aromatic heterocycles. The minimum absolute atomic E-state index is 0.123. The molecule has 8 nitrogen and oxygen atoms in total. The quantitative estimate of drug-likeness (QED) is 0.218. The van der Waals surface area contributed by atoms with Crippen LogP contribution < -0.4 is 9.64 Å². The number of ether oxygens (including phenoxy) is 3. The van der Waals surface area contributed by atoms with Crippen LogP contribution in [-0.2, 0) is 14.3 Å². The predicted molar refractivity (Wildman–Crippen MR) is 186 cm³/mol. The molecule has 1 saturated heterocycles. The van der Waals surface area contributed by atoms with Gasteiger partial charge in [0.1, 0.15) is 28.8 Å². The van der Waals surface area contributed by atoms with Crippen LogP contribution >= 0.6 is 0 Å². The standard InChI is InChI=1S/C39H45F2N3O5/c1-24-19-32-42-30-23-44(32)36(33(24)35(37(45)46)49-38(3,4)5)43-16-14-39(6,15-17-43)47-18-9-7-8-11-25(2)48-31-22-28(40)21-29(41)34(31)27-13-10-12-26(30)20-27/h7-8,10,12-13,19-23,25,35H,9,11,14-18H2,1-6H3,(H,45,46)/b8-7-/t25-,35-/m0/s1. The Balaban J connectivity index is 1.54. The smallest absolute Gasteiger partial charge is 0.337 e. The third-order valence-electron chi connectivity index (χ3n) is 9.21. The van der Waals surface area contributed by atoms with Crippen molar-refractivity contribution in [1.82, 2.24) is 9.38 Å². The van der Waals surface area contributed by atoms with Crippen LogP contribution in [-0.4, -0.2) is 57.5 Å². The Morgan fingerprint density at radius 1 is 1.10 bits per heavy atom. The summed E-state index contributed by atoms with van der Waals surface area (Å²) in [7, 11) is 0. The lowest BCUT2D eigenvalue weighted by molar-refractivity contribution is -0.160. The zero-order chi connectivity index (χ0) is 35.1. The highest BCUT2D eigenvalue weighted by molar-refractivity contribution is 5.80. The van der Waals surface area contributed by atoms with Gasteiger partial charge in [-0.15, -0.1) is 0 Å². The van der Waals surface area contributed by atoms with Gasteiger partial charge in [-0.3, -0.25) is 4.40 Å². The number of aryl methyl sites for hydroxylation is 1. The number of hydrogen-bond donors (Lipinski definition) is 1. The van der Waals surface area contributed by atoms with Crippen LogP contribution in [0, 0.1) is 18.6 Å². The second-order valence-electron chi connectivity index (χ2n) is 14.4. The molecule has 0 spiro atoms. The number of anilines is 1. The molecule has 3 aliphatic rings. The molecule has 4 aromatic rings. The minimum Gasteiger partial charge on any atom is -0.490 e. The van der Waals surface area contributed by atoms with Gasteiger partial charge in [-0.1, -0.05) is 30.4 Å². The highest BCUT2D eigenvalue weighted by Gasteiger charge is 2.37. The van der Waals surface area contributed by atoms with Crippen LogP contribution in [0.25, 0.3) is 28.0 Å². The maximum absolute atomic E-state index is 15.5. The first-order chi connectivity index (χ1) is 23.2. The van der Waals surface area contributed by atoms with E-state index in [1.54, 1.807) is 6.07 Å². The molecular formula is C39H45F2N3O5. The Kier molecular flexibility index (Phi) is 9.57. The van der Waals surface area contributed by atoms with E-state index in [-0.39, 0.29) is 23.0 Å². The topological polar surface area (TPSA) is 85.5 Å². The van der Waals surface area contributed by atoms with Gasteiger partial charge >= 0.3 is 5.97 Å². The van der Waals surface area contributed by atoms with E-state index in [0.29, 0.717) is 66.4 Å². The average molecular weight is 674 g/mol. The van der Waals surface area contributed by atoms with E-state index in [1.807, 2.05) is 81.6 Å². The van der Waals surface area contributed by atoms with Crippen molar-refractivity contribution in [2.75, 3.05) is 24.6 Å². The van der Waals surface area contributed by atoms with Gasteiger partial charge in [-0.25, -0.2) is 18.6 Å². The lowest BCUT2D eigenvalue weighted by atomic mass is 9.92. The molecule has 49 heavy (non-hydrogen) atoms. The molecule has 0 radical (unpaired) electrons. The summed E-state index contributed by atoms with van der Waals surface area (Å²) < 4.78 is 50.7. The predicted octanol–water partition coefficient (Wildman–Crippen LogP) is 8.69. The van der Waals surface area contributed by atoms with E-state index in [0.717, 1.165) is 24.5 Å². The Morgan fingerprint density at radius 2 is 1.84 bits per heavy atom. The van der Waals surface area contributed by atoms with Crippen molar-refractivity contribution in [3.63, 3.8) is 0 Å². The van der Waals surface area contributed by atoms with E-state index in [2.05, 4.69) is 11.8 Å². The number of rotatable bonds is 3. The van der Waals surface area contributed by atoms with Gasteiger partial charge in [0, 0.05) is 49.0 Å². The lowest BCUT2D eigenvalue weighted by Crippen LogP contribution is -2.45. The summed E-state index contributed by atoms with van der Waals surface area (Å²) in [6, 6.07) is 11.2. The average Bonchev–Trinajstić information content (AvgIpc) is 3.44. The molecule has 5 heterocycles. The van der Waals surface area contributed by atoms with Gasteiger partial charge in [-0.05, 0) is 84.1 Å². The molecule has 0 amide bonds. The summed E-state index contributed by atoms with van der Waals surface area (Å²) in [5.74, 6) is -1.68.